The summed E-state index contributed by atoms with van der Waals surface area (Å²) in [7, 11) is 0. The van der Waals surface area contributed by atoms with E-state index in [-0.39, 0.29) is 18.2 Å². The number of aromatic nitrogens is 1. The lowest BCUT2D eigenvalue weighted by atomic mass is 9.91. The smallest absolute Gasteiger partial charge is 0.224 e. The van der Waals surface area contributed by atoms with E-state index in [1.165, 1.54) is 11.1 Å². The Morgan fingerprint density at radius 2 is 1.56 bits per heavy atom. The molecule has 0 bridgehead atoms. The van der Waals surface area contributed by atoms with Crippen LogP contribution in [-0.4, -0.2) is 17.6 Å². The number of carbonyl (C=O) groups excluding carboxylic acids is 1. The van der Waals surface area contributed by atoms with Crippen LogP contribution in [0.1, 0.15) is 34.1 Å². The Balaban J connectivity index is 1.72. The van der Waals surface area contributed by atoms with Crippen LogP contribution in [0.3, 0.4) is 0 Å². The number of carbonyl (C=O) groups is 1. The lowest BCUT2D eigenvalue weighted by molar-refractivity contribution is -0.120. The average molecular weight is 334 g/mol. The number of benzene rings is 2. The molecule has 1 heterocycles. The van der Waals surface area contributed by atoms with Gasteiger partial charge in [0.25, 0.3) is 0 Å². The SMILES string of the molecule is Cc1noc(C)c1CC(=O)NCC(c1ccccc1)c1ccccc1. The van der Waals surface area contributed by atoms with Gasteiger partial charge in [0.2, 0.25) is 5.91 Å². The zero-order chi connectivity index (χ0) is 17.6. The topological polar surface area (TPSA) is 55.1 Å². The first-order valence-corrected chi connectivity index (χ1v) is 8.43. The van der Waals surface area contributed by atoms with Gasteiger partial charge in [-0.15, -0.1) is 0 Å². The van der Waals surface area contributed by atoms with E-state index < -0.39 is 0 Å². The van der Waals surface area contributed by atoms with Gasteiger partial charge in [-0.3, -0.25) is 4.79 Å². The monoisotopic (exact) mass is 334 g/mol. The van der Waals surface area contributed by atoms with Crippen LogP contribution < -0.4 is 5.32 Å². The fraction of sp³-hybridized carbons (Fsp3) is 0.238. The predicted octanol–water partition coefficient (Wildman–Crippen LogP) is 3.78. The molecule has 1 aromatic heterocycles. The molecule has 2 aromatic carbocycles. The third-order valence-electron chi connectivity index (χ3n) is 4.43. The Morgan fingerprint density at radius 3 is 2.04 bits per heavy atom. The van der Waals surface area contributed by atoms with Gasteiger partial charge in [0.05, 0.1) is 12.1 Å². The fourth-order valence-corrected chi connectivity index (χ4v) is 2.99. The summed E-state index contributed by atoms with van der Waals surface area (Å²) in [5.74, 6) is 0.803. The van der Waals surface area contributed by atoms with E-state index in [4.69, 9.17) is 4.52 Å². The maximum absolute atomic E-state index is 12.4. The first-order valence-electron chi connectivity index (χ1n) is 8.43. The number of amides is 1. The van der Waals surface area contributed by atoms with Gasteiger partial charge in [0.1, 0.15) is 5.76 Å². The molecule has 4 nitrogen and oxygen atoms in total. The molecule has 0 saturated heterocycles. The maximum Gasteiger partial charge on any atom is 0.224 e. The zero-order valence-corrected chi connectivity index (χ0v) is 14.5. The first kappa shape index (κ1) is 17.0. The van der Waals surface area contributed by atoms with Crippen molar-refractivity contribution in [3.63, 3.8) is 0 Å². The highest BCUT2D eigenvalue weighted by Crippen LogP contribution is 2.23. The summed E-state index contributed by atoms with van der Waals surface area (Å²) in [6, 6.07) is 20.5. The van der Waals surface area contributed by atoms with Crippen molar-refractivity contribution in [1.29, 1.82) is 0 Å². The van der Waals surface area contributed by atoms with Gasteiger partial charge in [-0.05, 0) is 25.0 Å². The van der Waals surface area contributed by atoms with E-state index in [2.05, 4.69) is 34.7 Å². The highest BCUT2D eigenvalue weighted by atomic mass is 16.5. The molecular formula is C21H22N2O2. The molecule has 0 fully saturated rings. The molecule has 1 amide bonds. The van der Waals surface area contributed by atoms with Crippen LogP contribution >= 0.6 is 0 Å². The van der Waals surface area contributed by atoms with Crippen molar-refractivity contribution in [1.82, 2.24) is 10.5 Å². The fourth-order valence-electron chi connectivity index (χ4n) is 2.99. The Kier molecular flexibility index (Phi) is 5.29. The summed E-state index contributed by atoms with van der Waals surface area (Å²) < 4.78 is 5.13. The molecule has 128 valence electrons. The summed E-state index contributed by atoms with van der Waals surface area (Å²) in [6.45, 7) is 4.24. The molecule has 0 aliphatic heterocycles. The minimum atomic E-state index is -0.0220. The molecule has 0 saturated carbocycles. The molecule has 0 unspecified atom stereocenters. The second kappa shape index (κ2) is 7.79. The van der Waals surface area contributed by atoms with Crippen LogP contribution in [0.15, 0.2) is 65.2 Å². The van der Waals surface area contributed by atoms with Crippen molar-refractivity contribution >= 4 is 5.91 Å². The van der Waals surface area contributed by atoms with Gasteiger partial charge >= 0.3 is 0 Å². The summed E-state index contributed by atoms with van der Waals surface area (Å²) in [4.78, 5) is 12.4. The Morgan fingerprint density at radius 1 is 1.00 bits per heavy atom. The minimum Gasteiger partial charge on any atom is -0.361 e. The number of rotatable bonds is 6. The van der Waals surface area contributed by atoms with Crippen molar-refractivity contribution in [3.05, 3.63) is 88.8 Å². The molecule has 1 N–H and O–H groups in total. The molecule has 0 aliphatic rings. The predicted molar refractivity (Wildman–Crippen MR) is 97.4 cm³/mol. The molecule has 0 atom stereocenters. The molecule has 4 heteroatoms. The minimum absolute atomic E-state index is 0.0220. The van der Waals surface area contributed by atoms with Crippen molar-refractivity contribution in [2.24, 2.45) is 0 Å². The number of nitrogens with one attached hydrogen (secondary N) is 1. The summed E-state index contributed by atoms with van der Waals surface area (Å²) >= 11 is 0. The number of aryl methyl sites for hydroxylation is 2. The Labute approximate surface area is 147 Å². The highest BCUT2D eigenvalue weighted by Gasteiger charge is 2.17. The number of hydrogen-bond donors (Lipinski definition) is 1. The van der Waals surface area contributed by atoms with Crippen molar-refractivity contribution in [2.75, 3.05) is 6.54 Å². The van der Waals surface area contributed by atoms with Gasteiger partial charge in [0, 0.05) is 18.0 Å². The molecule has 0 spiro atoms. The Bertz CT molecular complexity index is 767. The molecule has 3 aromatic rings. The molecule has 0 radical (unpaired) electrons. The summed E-state index contributed by atoms with van der Waals surface area (Å²) in [5, 5.41) is 6.97. The second-order valence-electron chi connectivity index (χ2n) is 6.16. The van der Waals surface area contributed by atoms with E-state index >= 15 is 0 Å². The third-order valence-corrected chi connectivity index (χ3v) is 4.43. The van der Waals surface area contributed by atoms with Crippen LogP contribution in [0.5, 0.6) is 0 Å². The molecule has 3 rings (SSSR count). The summed E-state index contributed by atoms with van der Waals surface area (Å²) in [5.41, 5.74) is 4.02. The van der Waals surface area contributed by atoms with E-state index in [9.17, 15) is 4.79 Å². The van der Waals surface area contributed by atoms with Crippen LogP contribution in [0.4, 0.5) is 0 Å². The van der Waals surface area contributed by atoms with Gasteiger partial charge in [-0.25, -0.2) is 0 Å². The highest BCUT2D eigenvalue weighted by molar-refractivity contribution is 5.79. The van der Waals surface area contributed by atoms with Crippen LogP contribution in [0.2, 0.25) is 0 Å². The van der Waals surface area contributed by atoms with Crippen molar-refractivity contribution in [3.8, 4) is 0 Å². The average Bonchev–Trinajstić information content (AvgIpc) is 2.96. The largest absolute Gasteiger partial charge is 0.361 e. The quantitative estimate of drug-likeness (QED) is 0.746. The third kappa shape index (κ3) is 4.15. The number of hydrogen-bond acceptors (Lipinski definition) is 3. The van der Waals surface area contributed by atoms with E-state index in [1.807, 2.05) is 50.2 Å². The number of nitrogens with zero attached hydrogens (tertiary/aromatic N) is 1. The maximum atomic E-state index is 12.4. The van der Waals surface area contributed by atoms with Gasteiger partial charge in [-0.2, -0.15) is 0 Å². The van der Waals surface area contributed by atoms with Crippen molar-refractivity contribution < 1.29 is 9.32 Å². The van der Waals surface area contributed by atoms with Crippen LogP contribution in [0, 0.1) is 13.8 Å². The first-order chi connectivity index (χ1) is 12.1. The van der Waals surface area contributed by atoms with Crippen molar-refractivity contribution in [2.45, 2.75) is 26.2 Å². The standard InChI is InChI=1S/C21H22N2O2/c1-15-19(16(2)25-23-15)13-21(24)22-14-20(17-9-5-3-6-10-17)18-11-7-4-8-12-18/h3-12,20H,13-14H2,1-2H3,(H,22,24). The normalized spacial score (nSPS) is 10.8. The summed E-state index contributed by atoms with van der Waals surface area (Å²) in [6.07, 6.45) is 0.289. The second-order valence-corrected chi connectivity index (χ2v) is 6.16. The molecule has 0 aliphatic carbocycles. The Hall–Kier alpha value is -2.88. The zero-order valence-electron chi connectivity index (χ0n) is 14.5. The molecule has 25 heavy (non-hydrogen) atoms. The van der Waals surface area contributed by atoms with Crippen LogP contribution in [-0.2, 0) is 11.2 Å². The van der Waals surface area contributed by atoms with Gasteiger partial charge in [0.15, 0.2) is 0 Å². The van der Waals surface area contributed by atoms with Crippen LogP contribution in [0.25, 0.3) is 0 Å². The van der Waals surface area contributed by atoms with E-state index in [1.54, 1.807) is 0 Å². The lowest BCUT2D eigenvalue weighted by Crippen LogP contribution is -2.30. The van der Waals surface area contributed by atoms with Gasteiger partial charge < -0.3 is 9.84 Å². The van der Waals surface area contributed by atoms with E-state index in [0.29, 0.717) is 12.3 Å². The van der Waals surface area contributed by atoms with E-state index in [0.717, 1.165) is 11.3 Å². The molecular weight excluding hydrogens is 312 g/mol. The lowest BCUT2D eigenvalue weighted by Gasteiger charge is -2.19. The van der Waals surface area contributed by atoms with Gasteiger partial charge in [-0.1, -0.05) is 65.8 Å².